The summed E-state index contributed by atoms with van der Waals surface area (Å²) in [6.45, 7) is 4.48. The van der Waals surface area contributed by atoms with Crippen LogP contribution in [0.2, 0.25) is 0 Å². The van der Waals surface area contributed by atoms with E-state index in [-0.39, 0.29) is 23.6 Å². The number of rotatable bonds is 8. The van der Waals surface area contributed by atoms with E-state index in [2.05, 4.69) is 20.8 Å². The molecule has 0 fully saturated rings. The second kappa shape index (κ2) is 10.3. The molecule has 1 atom stereocenters. The van der Waals surface area contributed by atoms with Gasteiger partial charge >= 0.3 is 0 Å². The van der Waals surface area contributed by atoms with Crippen molar-refractivity contribution < 1.29 is 9.59 Å². The molecular formula is C25H25N5O2S. The van der Waals surface area contributed by atoms with Gasteiger partial charge in [0.05, 0.1) is 11.8 Å². The first kappa shape index (κ1) is 22.5. The second-order valence-electron chi connectivity index (χ2n) is 7.54. The first-order valence-corrected chi connectivity index (χ1v) is 11.7. The summed E-state index contributed by atoms with van der Waals surface area (Å²) < 4.78 is 1.92. The van der Waals surface area contributed by atoms with E-state index in [0.29, 0.717) is 23.1 Å². The summed E-state index contributed by atoms with van der Waals surface area (Å²) >= 11 is 1.32. The summed E-state index contributed by atoms with van der Waals surface area (Å²) in [4.78, 5) is 25.0. The minimum atomic E-state index is -0.328. The van der Waals surface area contributed by atoms with E-state index in [9.17, 15) is 9.59 Å². The topological polar surface area (TPSA) is 88.9 Å². The van der Waals surface area contributed by atoms with Crippen LogP contribution in [0.3, 0.4) is 0 Å². The second-order valence-corrected chi connectivity index (χ2v) is 8.49. The molecule has 0 bridgehead atoms. The number of nitrogens with zero attached hydrogens (tertiary/aromatic N) is 3. The van der Waals surface area contributed by atoms with Gasteiger partial charge < -0.3 is 15.2 Å². The van der Waals surface area contributed by atoms with Crippen LogP contribution < -0.4 is 10.6 Å². The number of hydrogen-bond acceptors (Lipinski definition) is 5. The number of carbonyl (C=O) groups excluding carboxylic acids is 2. The van der Waals surface area contributed by atoms with E-state index in [0.717, 1.165) is 16.5 Å². The first-order valence-electron chi connectivity index (χ1n) is 10.8. The fourth-order valence-corrected chi connectivity index (χ4v) is 4.36. The molecule has 0 saturated carbocycles. The molecule has 3 aromatic carbocycles. The Morgan fingerprint density at radius 1 is 0.970 bits per heavy atom. The lowest BCUT2D eigenvalue weighted by molar-refractivity contribution is -0.113. The Hall–Kier alpha value is -3.65. The Bertz CT molecular complexity index is 1270. The third-order valence-corrected chi connectivity index (χ3v) is 6.16. The molecule has 1 heterocycles. The lowest BCUT2D eigenvalue weighted by Crippen LogP contribution is -2.28. The predicted octanol–water partition coefficient (Wildman–Crippen LogP) is 4.67. The monoisotopic (exact) mass is 459 g/mol. The summed E-state index contributed by atoms with van der Waals surface area (Å²) in [7, 11) is 0. The third-order valence-electron chi connectivity index (χ3n) is 5.20. The fourth-order valence-electron chi connectivity index (χ4n) is 3.55. The van der Waals surface area contributed by atoms with Gasteiger partial charge in [-0.05, 0) is 48.9 Å². The van der Waals surface area contributed by atoms with Gasteiger partial charge in [0.2, 0.25) is 5.91 Å². The van der Waals surface area contributed by atoms with Gasteiger partial charge in [-0.3, -0.25) is 9.59 Å². The molecule has 2 amide bonds. The number of carbonyl (C=O) groups is 2. The van der Waals surface area contributed by atoms with Gasteiger partial charge in [0.15, 0.2) is 11.0 Å². The molecule has 0 aliphatic carbocycles. The Balaban J connectivity index is 1.38. The van der Waals surface area contributed by atoms with E-state index < -0.39 is 0 Å². The SMILES string of the molecule is CCn1c(SCC(=O)Nc2ccc3ccccc3c2)nnc1[C@@H](C)NC(=O)c1ccccc1. The molecule has 168 valence electrons. The highest BCUT2D eigenvalue weighted by atomic mass is 32.2. The molecule has 2 N–H and O–H groups in total. The van der Waals surface area contributed by atoms with Crippen LogP contribution in [0.4, 0.5) is 5.69 Å². The number of anilines is 1. The Kier molecular flexibility index (Phi) is 7.04. The van der Waals surface area contributed by atoms with Crippen molar-refractivity contribution in [2.45, 2.75) is 31.6 Å². The van der Waals surface area contributed by atoms with Crippen molar-refractivity contribution in [1.82, 2.24) is 20.1 Å². The van der Waals surface area contributed by atoms with Crippen LogP contribution in [0.25, 0.3) is 10.8 Å². The van der Waals surface area contributed by atoms with Gasteiger partial charge in [-0.2, -0.15) is 0 Å². The van der Waals surface area contributed by atoms with Gasteiger partial charge in [0.25, 0.3) is 5.91 Å². The molecule has 8 heteroatoms. The quantitative estimate of drug-likeness (QED) is 0.374. The highest BCUT2D eigenvalue weighted by Gasteiger charge is 2.20. The van der Waals surface area contributed by atoms with Gasteiger partial charge in [0.1, 0.15) is 0 Å². The molecule has 0 saturated heterocycles. The predicted molar refractivity (Wildman–Crippen MR) is 131 cm³/mol. The molecule has 0 aliphatic heterocycles. The fraction of sp³-hybridized carbons (Fsp3) is 0.200. The zero-order valence-electron chi connectivity index (χ0n) is 18.5. The largest absolute Gasteiger partial charge is 0.342 e. The highest BCUT2D eigenvalue weighted by molar-refractivity contribution is 7.99. The summed E-state index contributed by atoms with van der Waals surface area (Å²) in [5.74, 6) is 0.570. The molecule has 0 spiro atoms. The number of fused-ring (bicyclic) bond motifs is 1. The molecule has 0 aliphatic rings. The minimum absolute atomic E-state index is 0.118. The standard InChI is InChI=1S/C25H25N5O2S/c1-3-30-23(17(2)26-24(32)19-10-5-4-6-11-19)28-29-25(30)33-16-22(31)27-21-14-13-18-9-7-8-12-20(18)15-21/h4-15,17H,3,16H2,1-2H3,(H,26,32)(H,27,31)/t17-/m1/s1. The molecule has 1 aromatic heterocycles. The molecule has 4 aromatic rings. The molecule has 7 nitrogen and oxygen atoms in total. The molecule has 0 radical (unpaired) electrons. The van der Waals surface area contributed by atoms with E-state index in [4.69, 9.17) is 0 Å². The average molecular weight is 460 g/mol. The maximum Gasteiger partial charge on any atom is 0.251 e. The average Bonchev–Trinajstić information content (AvgIpc) is 3.26. The van der Waals surface area contributed by atoms with Crippen LogP contribution in [-0.4, -0.2) is 32.3 Å². The normalized spacial score (nSPS) is 11.8. The zero-order chi connectivity index (χ0) is 23.2. The number of thioether (sulfide) groups is 1. The number of aromatic nitrogens is 3. The summed E-state index contributed by atoms with van der Waals surface area (Å²) in [6.07, 6.45) is 0. The van der Waals surface area contributed by atoms with Crippen LogP contribution in [0.15, 0.2) is 78.0 Å². The van der Waals surface area contributed by atoms with Gasteiger partial charge in [-0.25, -0.2) is 0 Å². The van der Waals surface area contributed by atoms with Crippen molar-refractivity contribution >= 4 is 40.0 Å². The maximum atomic E-state index is 12.5. The van der Waals surface area contributed by atoms with Crippen molar-refractivity contribution in [2.75, 3.05) is 11.1 Å². The maximum absolute atomic E-state index is 12.5. The van der Waals surface area contributed by atoms with E-state index in [1.165, 1.54) is 11.8 Å². The van der Waals surface area contributed by atoms with Gasteiger partial charge in [0, 0.05) is 17.8 Å². The van der Waals surface area contributed by atoms with Crippen molar-refractivity contribution in [2.24, 2.45) is 0 Å². The van der Waals surface area contributed by atoms with Crippen LogP contribution >= 0.6 is 11.8 Å². The van der Waals surface area contributed by atoms with E-state index >= 15 is 0 Å². The van der Waals surface area contributed by atoms with Crippen LogP contribution in [-0.2, 0) is 11.3 Å². The number of benzene rings is 3. The zero-order valence-corrected chi connectivity index (χ0v) is 19.3. The highest BCUT2D eigenvalue weighted by Crippen LogP contribution is 2.22. The van der Waals surface area contributed by atoms with Gasteiger partial charge in [-0.15, -0.1) is 10.2 Å². The lowest BCUT2D eigenvalue weighted by atomic mass is 10.1. The number of nitrogens with one attached hydrogen (secondary N) is 2. The van der Waals surface area contributed by atoms with Crippen LogP contribution in [0.1, 0.15) is 36.1 Å². The minimum Gasteiger partial charge on any atom is -0.342 e. The van der Waals surface area contributed by atoms with Crippen molar-refractivity contribution in [3.63, 3.8) is 0 Å². The van der Waals surface area contributed by atoms with Crippen LogP contribution in [0.5, 0.6) is 0 Å². The Labute approximate surface area is 196 Å². The summed E-state index contributed by atoms with van der Waals surface area (Å²) in [6, 6.07) is 22.6. The molecular weight excluding hydrogens is 434 g/mol. The lowest BCUT2D eigenvalue weighted by Gasteiger charge is -2.15. The van der Waals surface area contributed by atoms with Crippen molar-refractivity contribution in [3.05, 3.63) is 84.2 Å². The summed E-state index contributed by atoms with van der Waals surface area (Å²) in [5, 5.41) is 17.3. The van der Waals surface area contributed by atoms with E-state index in [1.807, 2.05) is 79.1 Å². The molecule has 4 rings (SSSR count). The smallest absolute Gasteiger partial charge is 0.251 e. The Morgan fingerprint density at radius 2 is 1.70 bits per heavy atom. The van der Waals surface area contributed by atoms with Gasteiger partial charge in [-0.1, -0.05) is 60.3 Å². The Morgan fingerprint density at radius 3 is 2.45 bits per heavy atom. The van der Waals surface area contributed by atoms with E-state index in [1.54, 1.807) is 12.1 Å². The van der Waals surface area contributed by atoms with Crippen molar-refractivity contribution in [1.29, 1.82) is 0 Å². The first-order chi connectivity index (χ1) is 16.0. The third kappa shape index (κ3) is 5.40. The van der Waals surface area contributed by atoms with Crippen LogP contribution in [0, 0.1) is 0 Å². The number of amides is 2. The van der Waals surface area contributed by atoms with Crippen molar-refractivity contribution in [3.8, 4) is 0 Å². The molecule has 0 unspecified atom stereocenters. The number of hydrogen-bond donors (Lipinski definition) is 2. The molecule has 33 heavy (non-hydrogen) atoms. The summed E-state index contributed by atoms with van der Waals surface area (Å²) in [5.41, 5.74) is 1.35.